The average Bonchev–Trinajstić information content (AvgIpc) is 2.71. The fraction of sp³-hybridized carbons (Fsp3) is 0.833. The lowest BCUT2D eigenvalue weighted by molar-refractivity contribution is -0.257. The number of methoxy groups -OCH3 is 1. The van der Waals surface area contributed by atoms with E-state index in [0.29, 0.717) is 0 Å². The van der Waals surface area contributed by atoms with Crippen LogP contribution < -0.4 is 0 Å². The molecule has 10 nitrogen and oxygen atoms in total. The molecule has 1 unspecified atom stereocenters. The highest BCUT2D eigenvalue weighted by Gasteiger charge is 2.54. The van der Waals surface area contributed by atoms with E-state index in [4.69, 9.17) is 58.5 Å². The van der Waals surface area contributed by atoms with Crippen molar-refractivity contribution < 1.29 is 43.2 Å². The third-order valence-electron chi connectivity index (χ3n) is 5.04. The Balaban J connectivity index is 3.78. The first-order valence-electron chi connectivity index (χ1n) is 11.6. The fourth-order valence-electron chi connectivity index (χ4n) is 2.81. The van der Waals surface area contributed by atoms with Crippen LogP contribution in [0.25, 0.3) is 0 Å². The van der Waals surface area contributed by atoms with Gasteiger partial charge < -0.3 is 28.8 Å². The third kappa shape index (κ3) is 9.42. The van der Waals surface area contributed by atoms with Crippen LogP contribution in [-0.2, 0) is 38.1 Å². The maximum atomic E-state index is 13.0. The molecule has 0 aromatic carbocycles. The first-order valence-corrected chi connectivity index (χ1v) is 12.8. The van der Waals surface area contributed by atoms with Gasteiger partial charge in [0.1, 0.15) is 6.10 Å². The van der Waals surface area contributed by atoms with Gasteiger partial charge in [0, 0.05) is 0 Å². The van der Waals surface area contributed by atoms with E-state index in [0.717, 1.165) is 0 Å². The highest BCUT2D eigenvalue weighted by atomic mass is 35.6. The number of nitrogens with zero attached hydrogens (tertiary/aromatic N) is 1. The molecule has 0 aliphatic carbocycles. The molecule has 1 aliphatic heterocycles. The molecule has 37 heavy (non-hydrogen) atoms. The summed E-state index contributed by atoms with van der Waals surface area (Å²) in [4.78, 5) is 43.0. The van der Waals surface area contributed by atoms with E-state index >= 15 is 0 Å². The zero-order valence-electron chi connectivity index (χ0n) is 22.9. The number of rotatable bonds is 5. The lowest BCUT2D eigenvalue weighted by Gasteiger charge is -2.44. The Kier molecular flexibility index (Phi) is 11.1. The van der Waals surface area contributed by atoms with Gasteiger partial charge in [0.15, 0.2) is 24.5 Å². The van der Waals surface area contributed by atoms with Crippen LogP contribution >= 0.6 is 34.8 Å². The number of ether oxygens (including phenoxy) is 5. The number of hydrogen-bond acceptors (Lipinski definition) is 10. The second-order valence-electron chi connectivity index (χ2n) is 11.7. The standard InChI is InChI=1S/C24H38Cl3NO9/c1-21(2,3)18(30)35-13-12(11-29)34-16(28-17(33-10)24(25,26)27)15(37-20(32)23(7,8)9)14(13)36-19(31)22(4,5)6/h12-16,29H,11H2,1-10H3/t12-,13-,14+,15-,16?/m1/s1. The molecule has 0 radical (unpaired) electrons. The minimum Gasteiger partial charge on any atom is -0.481 e. The molecule has 0 aromatic heterocycles. The lowest BCUT2D eigenvalue weighted by atomic mass is 9.93. The molecular weight excluding hydrogens is 553 g/mol. The van der Waals surface area contributed by atoms with E-state index in [9.17, 15) is 19.5 Å². The van der Waals surface area contributed by atoms with Crippen molar-refractivity contribution in [2.75, 3.05) is 13.7 Å². The van der Waals surface area contributed by atoms with Crippen molar-refractivity contribution in [3.63, 3.8) is 0 Å². The predicted molar refractivity (Wildman–Crippen MR) is 138 cm³/mol. The van der Waals surface area contributed by atoms with Crippen molar-refractivity contribution >= 4 is 58.6 Å². The average molecular weight is 591 g/mol. The zero-order chi connectivity index (χ0) is 29.1. The van der Waals surface area contributed by atoms with Gasteiger partial charge in [-0.05, 0) is 62.3 Å². The first-order chi connectivity index (χ1) is 16.5. The minimum atomic E-state index is -2.13. The van der Waals surface area contributed by atoms with E-state index in [2.05, 4.69) is 4.99 Å². The van der Waals surface area contributed by atoms with Crippen LogP contribution in [0.1, 0.15) is 62.3 Å². The summed E-state index contributed by atoms with van der Waals surface area (Å²) in [6.07, 6.45) is -7.02. The number of alkyl halides is 3. The summed E-state index contributed by atoms with van der Waals surface area (Å²) < 4.78 is 26.0. The topological polar surface area (TPSA) is 130 Å². The van der Waals surface area contributed by atoms with Crippen molar-refractivity contribution in [1.82, 2.24) is 0 Å². The lowest BCUT2D eigenvalue weighted by Crippen LogP contribution is -2.63. The normalized spacial score (nSPS) is 25.8. The summed E-state index contributed by atoms with van der Waals surface area (Å²) in [5, 5.41) is 10.1. The zero-order valence-corrected chi connectivity index (χ0v) is 25.2. The molecule has 0 aromatic rings. The van der Waals surface area contributed by atoms with E-state index in [1.165, 1.54) is 7.11 Å². The molecule has 0 spiro atoms. The van der Waals surface area contributed by atoms with Gasteiger partial charge in [-0.1, -0.05) is 34.8 Å². The number of halogens is 3. The largest absolute Gasteiger partial charge is 0.481 e. The second kappa shape index (κ2) is 12.2. The van der Waals surface area contributed by atoms with Crippen LogP contribution in [0, 0.1) is 16.2 Å². The SMILES string of the molecule is COC(=NC1O[C@H](CO)[C@@H](OC(=O)C(C)(C)C)[C@H](OC(=O)C(C)(C)C)[C@H]1OC(=O)C(C)(C)C)C(Cl)(Cl)Cl. The van der Waals surface area contributed by atoms with Gasteiger partial charge in [-0.25, -0.2) is 4.99 Å². The minimum absolute atomic E-state index is 0.415. The quantitative estimate of drug-likeness (QED) is 0.166. The molecule has 1 fully saturated rings. The summed E-state index contributed by atoms with van der Waals surface area (Å²) in [6, 6.07) is 0. The molecule has 0 saturated carbocycles. The molecule has 214 valence electrons. The summed E-state index contributed by atoms with van der Waals surface area (Å²) in [5.41, 5.74) is -2.93. The van der Waals surface area contributed by atoms with E-state index in [1.54, 1.807) is 62.3 Å². The molecule has 0 amide bonds. The smallest absolute Gasteiger partial charge is 0.311 e. The van der Waals surface area contributed by atoms with Crippen LogP contribution in [0.5, 0.6) is 0 Å². The molecule has 1 N–H and O–H groups in total. The highest BCUT2D eigenvalue weighted by Crippen LogP contribution is 2.35. The molecule has 1 heterocycles. The number of carbonyl (C=O) groups is 3. The molecule has 13 heteroatoms. The van der Waals surface area contributed by atoms with Gasteiger partial charge in [0.05, 0.1) is 30.0 Å². The Hall–Kier alpha value is -1.33. The van der Waals surface area contributed by atoms with Gasteiger partial charge in [0.2, 0.25) is 5.90 Å². The van der Waals surface area contributed by atoms with Crippen molar-refractivity contribution in [2.24, 2.45) is 21.2 Å². The van der Waals surface area contributed by atoms with Crippen LogP contribution in [-0.4, -0.2) is 77.1 Å². The van der Waals surface area contributed by atoms with Crippen molar-refractivity contribution in [2.45, 2.75) is 96.7 Å². The number of aliphatic hydroxyl groups is 1. The van der Waals surface area contributed by atoms with Crippen molar-refractivity contribution in [3.8, 4) is 0 Å². The second-order valence-corrected chi connectivity index (χ2v) is 14.0. The first kappa shape index (κ1) is 33.7. The van der Waals surface area contributed by atoms with Crippen molar-refractivity contribution in [3.05, 3.63) is 0 Å². The summed E-state index contributed by atoms with van der Waals surface area (Å²) >= 11 is 17.9. The Morgan fingerprint density at radius 1 is 0.757 bits per heavy atom. The van der Waals surface area contributed by atoms with Gasteiger partial charge in [0.25, 0.3) is 3.79 Å². The van der Waals surface area contributed by atoms with E-state index < -0.39 is 81.1 Å². The monoisotopic (exact) mass is 589 g/mol. The molecule has 1 saturated heterocycles. The fourth-order valence-corrected chi connectivity index (χ4v) is 3.18. The van der Waals surface area contributed by atoms with Crippen molar-refractivity contribution in [1.29, 1.82) is 0 Å². The maximum absolute atomic E-state index is 13.0. The van der Waals surface area contributed by atoms with Gasteiger partial charge >= 0.3 is 17.9 Å². The predicted octanol–water partition coefficient (Wildman–Crippen LogP) is 3.99. The number of carbonyl (C=O) groups excluding carboxylic acids is 3. The van der Waals surface area contributed by atoms with Crippen LogP contribution in [0.3, 0.4) is 0 Å². The Labute approximate surface area is 233 Å². The molecule has 1 aliphatic rings. The van der Waals surface area contributed by atoms with E-state index in [1.807, 2.05) is 0 Å². The molecule has 1 rings (SSSR count). The van der Waals surface area contributed by atoms with Crippen LogP contribution in [0.15, 0.2) is 4.99 Å². The Bertz CT molecular complexity index is 867. The highest BCUT2D eigenvalue weighted by molar-refractivity contribution is 6.76. The van der Waals surface area contributed by atoms with Gasteiger partial charge in [-0.2, -0.15) is 0 Å². The summed E-state index contributed by atoms with van der Waals surface area (Å²) in [6.45, 7) is 13.9. The summed E-state index contributed by atoms with van der Waals surface area (Å²) in [5.74, 6) is -2.48. The number of hydrogen-bond donors (Lipinski definition) is 1. The maximum Gasteiger partial charge on any atom is 0.311 e. The molecular formula is C24H38Cl3NO9. The van der Waals surface area contributed by atoms with E-state index in [-0.39, 0.29) is 0 Å². The third-order valence-corrected chi connectivity index (χ3v) is 5.52. The Morgan fingerprint density at radius 2 is 1.14 bits per heavy atom. The molecule has 0 bridgehead atoms. The molecule has 5 atom stereocenters. The number of aliphatic hydroxyl groups excluding tert-OH is 1. The number of aliphatic imine (C=N–C) groups is 1. The Morgan fingerprint density at radius 3 is 1.46 bits per heavy atom. The number of esters is 3. The van der Waals surface area contributed by atoms with Crippen LogP contribution in [0.4, 0.5) is 0 Å². The van der Waals surface area contributed by atoms with Gasteiger partial charge in [-0.3, -0.25) is 14.4 Å². The van der Waals surface area contributed by atoms with Gasteiger partial charge in [-0.15, -0.1) is 0 Å². The summed E-state index contributed by atoms with van der Waals surface area (Å²) in [7, 11) is 1.20. The van der Waals surface area contributed by atoms with Crippen LogP contribution in [0.2, 0.25) is 0 Å².